The van der Waals surface area contributed by atoms with E-state index in [1.54, 1.807) is 0 Å². The van der Waals surface area contributed by atoms with Crippen molar-refractivity contribution in [2.75, 3.05) is 6.54 Å². The summed E-state index contributed by atoms with van der Waals surface area (Å²) in [6, 6.07) is 0.232. The molecule has 106 valence electrons. The van der Waals surface area contributed by atoms with Crippen LogP contribution in [0.3, 0.4) is 0 Å². The van der Waals surface area contributed by atoms with Crippen LogP contribution in [0.5, 0.6) is 0 Å². The molecule has 3 heteroatoms. The second kappa shape index (κ2) is 6.55. The fourth-order valence-corrected chi connectivity index (χ4v) is 3.08. The first-order chi connectivity index (χ1) is 8.42. The van der Waals surface area contributed by atoms with E-state index < -0.39 is 0 Å². The molecule has 1 aliphatic heterocycles. The van der Waals surface area contributed by atoms with E-state index in [4.69, 9.17) is 0 Å². The quantitative estimate of drug-likeness (QED) is 0.792. The third-order valence-corrected chi connectivity index (χ3v) is 4.52. The summed E-state index contributed by atoms with van der Waals surface area (Å²) >= 11 is 0. The standard InChI is InChI=1S/C15H30N2O/c1-6-12(7-2)11(3)17-14(18)13-15(4,5)9-8-10-16-13/h11-13,16H,6-10H2,1-5H3,(H,17,18). The second-order valence-corrected chi connectivity index (χ2v) is 6.35. The van der Waals surface area contributed by atoms with Crippen molar-refractivity contribution in [3.05, 3.63) is 0 Å². The van der Waals surface area contributed by atoms with Gasteiger partial charge in [-0.3, -0.25) is 4.79 Å². The van der Waals surface area contributed by atoms with Crippen LogP contribution in [0.4, 0.5) is 0 Å². The Balaban J connectivity index is 2.58. The van der Waals surface area contributed by atoms with Crippen LogP contribution in [0.2, 0.25) is 0 Å². The van der Waals surface area contributed by atoms with Gasteiger partial charge < -0.3 is 10.6 Å². The van der Waals surface area contributed by atoms with Gasteiger partial charge >= 0.3 is 0 Å². The maximum absolute atomic E-state index is 12.4. The lowest BCUT2D eigenvalue weighted by atomic mass is 9.77. The van der Waals surface area contributed by atoms with Gasteiger partial charge in [0.05, 0.1) is 6.04 Å². The number of carbonyl (C=O) groups is 1. The van der Waals surface area contributed by atoms with Gasteiger partial charge in [0, 0.05) is 6.04 Å². The highest BCUT2D eigenvalue weighted by Crippen LogP contribution is 2.30. The van der Waals surface area contributed by atoms with Gasteiger partial charge in [0.2, 0.25) is 5.91 Å². The Morgan fingerprint density at radius 3 is 2.50 bits per heavy atom. The van der Waals surface area contributed by atoms with Crippen LogP contribution < -0.4 is 10.6 Å². The van der Waals surface area contributed by atoms with Gasteiger partial charge in [0.25, 0.3) is 0 Å². The Hall–Kier alpha value is -0.570. The van der Waals surface area contributed by atoms with Crippen molar-refractivity contribution in [3.63, 3.8) is 0 Å². The van der Waals surface area contributed by atoms with E-state index in [2.05, 4.69) is 45.3 Å². The van der Waals surface area contributed by atoms with E-state index >= 15 is 0 Å². The molecule has 0 spiro atoms. The topological polar surface area (TPSA) is 41.1 Å². The molecule has 0 saturated carbocycles. The zero-order valence-electron chi connectivity index (χ0n) is 12.7. The molecule has 0 radical (unpaired) electrons. The fourth-order valence-electron chi connectivity index (χ4n) is 3.08. The summed E-state index contributed by atoms with van der Waals surface area (Å²) in [6.45, 7) is 11.8. The van der Waals surface area contributed by atoms with Crippen molar-refractivity contribution in [1.29, 1.82) is 0 Å². The SMILES string of the molecule is CCC(CC)C(C)NC(=O)C1NCCCC1(C)C. The first kappa shape index (κ1) is 15.5. The monoisotopic (exact) mass is 254 g/mol. The van der Waals surface area contributed by atoms with Crippen LogP contribution in [0.1, 0.15) is 60.3 Å². The number of amides is 1. The van der Waals surface area contributed by atoms with E-state index in [1.807, 2.05) is 0 Å². The van der Waals surface area contributed by atoms with E-state index in [9.17, 15) is 4.79 Å². The maximum atomic E-state index is 12.4. The van der Waals surface area contributed by atoms with E-state index in [-0.39, 0.29) is 23.4 Å². The predicted octanol–water partition coefficient (Wildman–Crippen LogP) is 2.71. The van der Waals surface area contributed by atoms with Crippen molar-refractivity contribution >= 4 is 5.91 Å². The van der Waals surface area contributed by atoms with Crippen LogP contribution in [0.15, 0.2) is 0 Å². The molecule has 3 nitrogen and oxygen atoms in total. The lowest BCUT2D eigenvalue weighted by molar-refractivity contribution is -0.127. The van der Waals surface area contributed by atoms with Crippen LogP contribution in [0, 0.1) is 11.3 Å². The van der Waals surface area contributed by atoms with Crippen molar-refractivity contribution < 1.29 is 4.79 Å². The van der Waals surface area contributed by atoms with Gasteiger partial charge in [-0.2, -0.15) is 0 Å². The maximum Gasteiger partial charge on any atom is 0.237 e. The van der Waals surface area contributed by atoms with Crippen molar-refractivity contribution in [3.8, 4) is 0 Å². The van der Waals surface area contributed by atoms with Gasteiger partial charge in [0.15, 0.2) is 0 Å². The molecule has 0 aromatic rings. The largest absolute Gasteiger partial charge is 0.352 e. The van der Waals surface area contributed by atoms with E-state index in [0.29, 0.717) is 5.92 Å². The number of carbonyl (C=O) groups excluding carboxylic acids is 1. The third kappa shape index (κ3) is 3.71. The Bertz CT molecular complexity index is 272. The highest BCUT2D eigenvalue weighted by Gasteiger charge is 2.37. The Morgan fingerprint density at radius 2 is 2.00 bits per heavy atom. The summed E-state index contributed by atoms with van der Waals surface area (Å²) in [7, 11) is 0. The van der Waals surface area contributed by atoms with Crippen LogP contribution >= 0.6 is 0 Å². The summed E-state index contributed by atoms with van der Waals surface area (Å²) in [5, 5.41) is 6.58. The van der Waals surface area contributed by atoms with Gasteiger partial charge in [-0.05, 0) is 37.6 Å². The molecule has 0 bridgehead atoms. The lowest BCUT2D eigenvalue weighted by Crippen LogP contribution is -2.57. The first-order valence-corrected chi connectivity index (χ1v) is 7.46. The third-order valence-electron chi connectivity index (χ3n) is 4.52. The van der Waals surface area contributed by atoms with E-state index in [1.165, 1.54) is 6.42 Å². The minimum absolute atomic E-state index is 0.0388. The average Bonchev–Trinajstić information content (AvgIpc) is 2.29. The molecule has 2 unspecified atom stereocenters. The zero-order valence-corrected chi connectivity index (χ0v) is 12.7. The summed E-state index contributed by atoms with van der Waals surface area (Å²) in [5.74, 6) is 0.764. The smallest absolute Gasteiger partial charge is 0.237 e. The highest BCUT2D eigenvalue weighted by molar-refractivity contribution is 5.83. The summed E-state index contributed by atoms with van der Waals surface area (Å²) in [6.07, 6.45) is 4.54. The number of piperidine rings is 1. The van der Waals surface area contributed by atoms with E-state index in [0.717, 1.165) is 25.8 Å². The Morgan fingerprint density at radius 1 is 1.39 bits per heavy atom. The Labute approximate surface area is 112 Å². The highest BCUT2D eigenvalue weighted by atomic mass is 16.2. The fraction of sp³-hybridized carbons (Fsp3) is 0.933. The summed E-state index contributed by atoms with van der Waals surface area (Å²) in [4.78, 5) is 12.4. The molecule has 0 aromatic heterocycles. The van der Waals surface area contributed by atoms with Gasteiger partial charge in [0.1, 0.15) is 0 Å². The summed E-state index contributed by atoms with van der Waals surface area (Å²) in [5.41, 5.74) is 0.0655. The number of hydrogen-bond acceptors (Lipinski definition) is 2. The number of rotatable bonds is 5. The average molecular weight is 254 g/mol. The van der Waals surface area contributed by atoms with Gasteiger partial charge in [-0.25, -0.2) is 0 Å². The predicted molar refractivity (Wildman–Crippen MR) is 76.5 cm³/mol. The van der Waals surface area contributed by atoms with Crippen molar-refractivity contribution in [2.45, 2.75) is 72.4 Å². The van der Waals surface area contributed by atoms with Crippen LogP contribution in [-0.4, -0.2) is 24.5 Å². The lowest BCUT2D eigenvalue weighted by Gasteiger charge is -2.39. The first-order valence-electron chi connectivity index (χ1n) is 7.46. The Kier molecular flexibility index (Phi) is 5.64. The molecule has 18 heavy (non-hydrogen) atoms. The van der Waals surface area contributed by atoms with Crippen LogP contribution in [-0.2, 0) is 4.79 Å². The molecule has 1 heterocycles. The minimum atomic E-state index is -0.0388. The molecule has 2 atom stereocenters. The molecule has 0 aliphatic carbocycles. The molecule has 1 amide bonds. The second-order valence-electron chi connectivity index (χ2n) is 6.35. The molecule has 2 N–H and O–H groups in total. The van der Waals surface area contributed by atoms with Crippen molar-refractivity contribution in [1.82, 2.24) is 10.6 Å². The molecule has 1 saturated heterocycles. The van der Waals surface area contributed by atoms with Crippen LogP contribution in [0.25, 0.3) is 0 Å². The summed E-state index contributed by atoms with van der Waals surface area (Å²) < 4.78 is 0. The molecule has 1 fully saturated rings. The van der Waals surface area contributed by atoms with Gasteiger partial charge in [-0.1, -0.05) is 40.5 Å². The normalized spacial score (nSPS) is 24.9. The molecular formula is C15H30N2O. The molecule has 0 aromatic carbocycles. The number of nitrogens with one attached hydrogen (secondary N) is 2. The molecular weight excluding hydrogens is 224 g/mol. The zero-order chi connectivity index (χ0) is 13.8. The molecule has 1 aliphatic rings. The molecule has 1 rings (SSSR count). The van der Waals surface area contributed by atoms with Gasteiger partial charge in [-0.15, -0.1) is 0 Å². The minimum Gasteiger partial charge on any atom is -0.352 e. The van der Waals surface area contributed by atoms with Crippen molar-refractivity contribution in [2.24, 2.45) is 11.3 Å². The number of hydrogen-bond donors (Lipinski definition) is 2.